The molecule has 1 aromatic carbocycles. The Morgan fingerprint density at radius 1 is 1.47 bits per heavy atom. The lowest BCUT2D eigenvalue weighted by molar-refractivity contribution is -0.122. The van der Waals surface area contributed by atoms with Crippen LogP contribution in [0.3, 0.4) is 0 Å². The van der Waals surface area contributed by atoms with Gasteiger partial charge in [-0.05, 0) is 24.5 Å². The number of hydrogen-bond donors (Lipinski definition) is 3. The van der Waals surface area contributed by atoms with E-state index in [0.717, 1.165) is 31.6 Å². The van der Waals surface area contributed by atoms with E-state index in [2.05, 4.69) is 22.5 Å². The van der Waals surface area contributed by atoms with Gasteiger partial charge in [-0.1, -0.05) is 24.3 Å². The summed E-state index contributed by atoms with van der Waals surface area (Å²) in [6.07, 6.45) is 1.08. The van der Waals surface area contributed by atoms with Crippen LogP contribution in [0.2, 0.25) is 0 Å². The Kier molecular flexibility index (Phi) is 4.52. The van der Waals surface area contributed by atoms with Gasteiger partial charge in [0.25, 0.3) is 0 Å². The molecule has 0 aliphatic carbocycles. The number of nitrogens with two attached hydrogens (primary N) is 2. The van der Waals surface area contributed by atoms with Gasteiger partial charge >= 0.3 is 0 Å². The lowest BCUT2D eigenvalue weighted by Crippen LogP contribution is -2.33. The molecule has 1 aliphatic rings. The average Bonchev–Trinajstić information content (AvgIpc) is 2.83. The van der Waals surface area contributed by atoms with E-state index < -0.39 is 0 Å². The summed E-state index contributed by atoms with van der Waals surface area (Å²) in [4.78, 5) is 13.8. The summed E-state index contributed by atoms with van der Waals surface area (Å²) in [5.41, 5.74) is 10.3. The average molecular weight is 262 g/mol. The van der Waals surface area contributed by atoms with Crippen molar-refractivity contribution in [2.75, 3.05) is 13.1 Å². The molecule has 5 N–H and O–H groups in total. The summed E-state index contributed by atoms with van der Waals surface area (Å²) < 4.78 is 0. The Morgan fingerprint density at radius 2 is 2.16 bits per heavy atom. The summed E-state index contributed by atoms with van der Waals surface area (Å²) in [7, 11) is 0. The third-order valence-electron chi connectivity index (χ3n) is 3.73. The zero-order valence-corrected chi connectivity index (χ0v) is 11.3. The van der Waals surface area contributed by atoms with Crippen LogP contribution in [-0.4, -0.2) is 29.9 Å². The van der Waals surface area contributed by atoms with Crippen LogP contribution in [0.25, 0.3) is 0 Å². The minimum atomic E-state index is -0.223. The Labute approximate surface area is 113 Å². The summed E-state index contributed by atoms with van der Waals surface area (Å²) in [5, 5.41) is 0. The molecule has 1 saturated heterocycles. The number of rotatable bonds is 4. The molecule has 0 bridgehead atoms. The molecular formula is C14H22N4O. The monoisotopic (exact) mass is 262 g/mol. The van der Waals surface area contributed by atoms with E-state index in [0.29, 0.717) is 6.04 Å². The number of carbonyl (C=O) groups is 1. The Hall–Kier alpha value is -1.43. The second-order valence-corrected chi connectivity index (χ2v) is 5.26. The predicted octanol–water partition coefficient (Wildman–Crippen LogP) is 0.313. The number of benzene rings is 1. The first-order chi connectivity index (χ1) is 9.10. The van der Waals surface area contributed by atoms with Crippen LogP contribution in [0.1, 0.15) is 30.4 Å². The Morgan fingerprint density at radius 3 is 2.68 bits per heavy atom. The van der Waals surface area contributed by atoms with Crippen molar-refractivity contribution in [3.8, 4) is 0 Å². The van der Waals surface area contributed by atoms with Gasteiger partial charge < -0.3 is 5.73 Å². The molecule has 0 radical (unpaired) electrons. The van der Waals surface area contributed by atoms with Gasteiger partial charge in [-0.3, -0.25) is 15.1 Å². The molecule has 1 amide bonds. The van der Waals surface area contributed by atoms with Crippen LogP contribution in [0.5, 0.6) is 0 Å². The van der Waals surface area contributed by atoms with Gasteiger partial charge in [-0.25, -0.2) is 5.84 Å². The van der Waals surface area contributed by atoms with Crippen molar-refractivity contribution in [3.05, 3.63) is 35.4 Å². The molecule has 19 heavy (non-hydrogen) atoms. The molecule has 1 aromatic rings. The first-order valence-electron chi connectivity index (χ1n) is 6.67. The van der Waals surface area contributed by atoms with Crippen LogP contribution < -0.4 is 17.0 Å². The molecule has 104 valence electrons. The standard InChI is InChI=1S/C14H22N4O/c1-10(14(19)17-16)12-4-2-11(3-5-12)8-18-7-6-13(15)9-18/h2-5,10,13H,6-9,15-16H2,1H3,(H,17,19). The maximum Gasteiger partial charge on any atom is 0.241 e. The highest BCUT2D eigenvalue weighted by molar-refractivity contribution is 5.82. The van der Waals surface area contributed by atoms with Gasteiger partial charge in [-0.15, -0.1) is 0 Å². The van der Waals surface area contributed by atoms with Gasteiger partial charge in [0.2, 0.25) is 5.91 Å². The molecule has 5 heteroatoms. The summed E-state index contributed by atoms with van der Waals surface area (Å²) in [5.74, 6) is 4.75. The van der Waals surface area contributed by atoms with E-state index in [4.69, 9.17) is 11.6 Å². The summed E-state index contributed by atoms with van der Waals surface area (Å²) >= 11 is 0. The van der Waals surface area contributed by atoms with Crippen LogP contribution in [-0.2, 0) is 11.3 Å². The van der Waals surface area contributed by atoms with E-state index in [1.807, 2.05) is 19.1 Å². The highest BCUT2D eigenvalue weighted by Gasteiger charge is 2.19. The number of nitrogens with one attached hydrogen (secondary N) is 1. The topological polar surface area (TPSA) is 84.4 Å². The van der Waals surface area contributed by atoms with Crippen molar-refractivity contribution in [1.29, 1.82) is 0 Å². The van der Waals surface area contributed by atoms with Crippen molar-refractivity contribution >= 4 is 5.91 Å². The Balaban J connectivity index is 1.96. The number of hydrogen-bond acceptors (Lipinski definition) is 4. The summed E-state index contributed by atoms with van der Waals surface area (Å²) in [6, 6.07) is 8.43. The number of amides is 1. The van der Waals surface area contributed by atoms with Crippen LogP contribution in [0.4, 0.5) is 0 Å². The SMILES string of the molecule is CC(C(=O)NN)c1ccc(CN2CCC(N)C2)cc1. The third kappa shape index (κ3) is 3.53. The van der Waals surface area contributed by atoms with Crippen molar-refractivity contribution < 1.29 is 4.79 Å². The molecule has 1 fully saturated rings. The van der Waals surface area contributed by atoms with Crippen LogP contribution in [0.15, 0.2) is 24.3 Å². The first-order valence-corrected chi connectivity index (χ1v) is 6.67. The fourth-order valence-corrected chi connectivity index (χ4v) is 2.45. The zero-order valence-electron chi connectivity index (χ0n) is 11.3. The van der Waals surface area contributed by atoms with E-state index >= 15 is 0 Å². The fraction of sp³-hybridized carbons (Fsp3) is 0.500. The molecule has 0 saturated carbocycles. The highest BCUT2D eigenvalue weighted by atomic mass is 16.2. The van der Waals surface area contributed by atoms with Gasteiger partial charge in [0.1, 0.15) is 0 Å². The van der Waals surface area contributed by atoms with Crippen LogP contribution in [0, 0.1) is 0 Å². The highest BCUT2D eigenvalue weighted by Crippen LogP contribution is 2.18. The van der Waals surface area contributed by atoms with E-state index in [9.17, 15) is 4.79 Å². The smallest absolute Gasteiger partial charge is 0.241 e. The molecule has 0 aromatic heterocycles. The number of nitrogens with zero attached hydrogens (tertiary/aromatic N) is 1. The maximum absolute atomic E-state index is 11.5. The fourth-order valence-electron chi connectivity index (χ4n) is 2.45. The summed E-state index contributed by atoms with van der Waals surface area (Å²) in [6.45, 7) is 4.80. The van der Waals surface area contributed by atoms with Gasteiger partial charge in [0.15, 0.2) is 0 Å². The van der Waals surface area contributed by atoms with Crippen molar-refractivity contribution in [1.82, 2.24) is 10.3 Å². The second-order valence-electron chi connectivity index (χ2n) is 5.26. The van der Waals surface area contributed by atoms with Gasteiger partial charge in [0, 0.05) is 25.7 Å². The molecule has 1 aliphatic heterocycles. The van der Waals surface area contributed by atoms with Crippen molar-refractivity contribution in [2.24, 2.45) is 11.6 Å². The molecular weight excluding hydrogens is 240 g/mol. The minimum absolute atomic E-state index is 0.168. The number of likely N-dealkylation sites (tertiary alicyclic amines) is 1. The second kappa shape index (κ2) is 6.14. The van der Waals surface area contributed by atoms with Crippen LogP contribution >= 0.6 is 0 Å². The predicted molar refractivity (Wildman–Crippen MR) is 75.1 cm³/mol. The van der Waals surface area contributed by atoms with Crippen molar-refractivity contribution in [3.63, 3.8) is 0 Å². The van der Waals surface area contributed by atoms with Crippen molar-refractivity contribution in [2.45, 2.75) is 31.8 Å². The lowest BCUT2D eigenvalue weighted by atomic mass is 9.99. The molecule has 0 spiro atoms. The van der Waals surface area contributed by atoms with E-state index in [-0.39, 0.29) is 11.8 Å². The zero-order chi connectivity index (χ0) is 13.8. The number of hydrazine groups is 1. The number of carbonyl (C=O) groups excluding carboxylic acids is 1. The maximum atomic E-state index is 11.5. The lowest BCUT2D eigenvalue weighted by Gasteiger charge is -2.16. The molecule has 1 heterocycles. The largest absolute Gasteiger partial charge is 0.326 e. The first kappa shape index (κ1) is 14.0. The minimum Gasteiger partial charge on any atom is -0.326 e. The van der Waals surface area contributed by atoms with Gasteiger partial charge in [-0.2, -0.15) is 0 Å². The van der Waals surface area contributed by atoms with E-state index in [1.54, 1.807) is 0 Å². The molecule has 5 nitrogen and oxygen atoms in total. The normalized spacial score (nSPS) is 21.3. The van der Waals surface area contributed by atoms with Gasteiger partial charge in [0.05, 0.1) is 5.92 Å². The quantitative estimate of drug-likeness (QED) is 0.414. The molecule has 2 rings (SSSR count). The van der Waals surface area contributed by atoms with E-state index in [1.165, 1.54) is 5.56 Å². The third-order valence-corrected chi connectivity index (χ3v) is 3.73. The Bertz CT molecular complexity index is 432. The molecule has 2 atom stereocenters. The molecule has 2 unspecified atom stereocenters.